The molecule has 0 aromatic rings. The number of Topliss-reactive ketones (excluding diaryl/α,β-unsaturated/α-hetero) is 1. The number of aliphatic imine (C=N–C) groups is 1. The maximum atomic E-state index is 12.2. The van der Waals surface area contributed by atoms with Crippen molar-refractivity contribution in [2.24, 2.45) is 10.4 Å². The van der Waals surface area contributed by atoms with E-state index in [0.717, 1.165) is 12.7 Å². The molecule has 2 rings (SSSR count). The number of hydrogen-bond donors (Lipinski definition) is 1. The normalized spacial score (nSPS) is 21.4. The van der Waals surface area contributed by atoms with Gasteiger partial charge in [0, 0.05) is 25.3 Å². The van der Waals surface area contributed by atoms with Gasteiger partial charge in [-0.05, 0) is 35.5 Å². The quantitative estimate of drug-likeness (QED) is 0.636. The molecule has 23 heavy (non-hydrogen) atoms. The zero-order chi connectivity index (χ0) is 17.3. The van der Waals surface area contributed by atoms with Crippen LogP contribution in [0.4, 0.5) is 0 Å². The maximum absolute atomic E-state index is 12.2. The lowest BCUT2D eigenvalue weighted by Gasteiger charge is -2.20. The van der Waals surface area contributed by atoms with Crippen LogP contribution in [0, 0.1) is 5.41 Å². The second-order valence-electron chi connectivity index (χ2n) is 6.49. The van der Waals surface area contributed by atoms with Gasteiger partial charge in [0.1, 0.15) is 16.4 Å². The smallest absolute Gasteiger partial charge is 0.183 e. The van der Waals surface area contributed by atoms with Crippen LogP contribution in [0.5, 0.6) is 0 Å². The molecule has 2 aliphatic rings. The molecular weight excluding hydrogens is 314 g/mol. The van der Waals surface area contributed by atoms with E-state index in [1.807, 2.05) is 13.8 Å². The third-order valence-corrected chi connectivity index (χ3v) is 4.76. The van der Waals surface area contributed by atoms with Crippen LogP contribution in [0.3, 0.4) is 0 Å². The number of aliphatic hydroxyl groups is 1. The van der Waals surface area contributed by atoms with Crippen LogP contribution in [-0.2, 0) is 14.6 Å². The van der Waals surface area contributed by atoms with Gasteiger partial charge >= 0.3 is 0 Å². The zero-order valence-corrected chi connectivity index (χ0v) is 14.2. The minimum Gasteiger partial charge on any atom is -0.512 e. The molecule has 0 heterocycles. The molecule has 6 heteroatoms. The van der Waals surface area contributed by atoms with E-state index in [1.165, 1.54) is 18.4 Å². The molecule has 0 bridgehead atoms. The minimum absolute atomic E-state index is 0.0332. The molecule has 0 saturated heterocycles. The van der Waals surface area contributed by atoms with Crippen LogP contribution in [-0.4, -0.2) is 31.8 Å². The Morgan fingerprint density at radius 3 is 2.57 bits per heavy atom. The molecular formula is C17H19NO4S. The Labute approximate surface area is 136 Å². The molecule has 0 atom stereocenters. The van der Waals surface area contributed by atoms with Crippen molar-refractivity contribution in [3.05, 3.63) is 45.5 Å². The van der Waals surface area contributed by atoms with E-state index in [1.54, 1.807) is 0 Å². The predicted molar refractivity (Wildman–Crippen MR) is 88.8 cm³/mol. The Balaban J connectivity index is 2.31. The lowest BCUT2D eigenvalue weighted by Crippen LogP contribution is -2.16. The van der Waals surface area contributed by atoms with Gasteiger partial charge in [-0.2, -0.15) is 0 Å². The summed E-state index contributed by atoms with van der Waals surface area (Å²) in [6, 6.07) is 0. The van der Waals surface area contributed by atoms with Crippen LogP contribution >= 0.6 is 0 Å². The highest BCUT2D eigenvalue weighted by Gasteiger charge is 2.29. The lowest BCUT2D eigenvalue weighted by molar-refractivity contribution is -0.116. The Kier molecular flexibility index (Phi) is 4.62. The van der Waals surface area contributed by atoms with E-state index >= 15 is 0 Å². The molecule has 1 N–H and O–H groups in total. The highest BCUT2D eigenvalue weighted by Crippen LogP contribution is 2.33. The average molecular weight is 333 g/mol. The first-order valence-corrected chi connectivity index (χ1v) is 9.11. The van der Waals surface area contributed by atoms with Crippen LogP contribution in [0.2, 0.25) is 0 Å². The summed E-state index contributed by atoms with van der Waals surface area (Å²) in [6.45, 7) is 3.98. The van der Waals surface area contributed by atoms with E-state index < -0.39 is 9.84 Å². The van der Waals surface area contributed by atoms with Gasteiger partial charge in [0.2, 0.25) is 0 Å². The predicted octanol–water partition coefficient (Wildman–Crippen LogP) is 2.78. The highest BCUT2D eigenvalue weighted by molar-refractivity contribution is 7.94. The summed E-state index contributed by atoms with van der Waals surface area (Å²) >= 11 is 0. The van der Waals surface area contributed by atoms with Crippen molar-refractivity contribution in [3.8, 4) is 0 Å². The molecule has 0 aliphatic heterocycles. The van der Waals surface area contributed by atoms with Gasteiger partial charge in [-0.25, -0.2) is 13.4 Å². The van der Waals surface area contributed by atoms with Gasteiger partial charge in [0.15, 0.2) is 15.6 Å². The van der Waals surface area contributed by atoms with E-state index in [-0.39, 0.29) is 27.4 Å². The molecule has 122 valence electrons. The van der Waals surface area contributed by atoms with Gasteiger partial charge in [-0.3, -0.25) is 4.79 Å². The summed E-state index contributed by atoms with van der Waals surface area (Å²) in [6.07, 6.45) is 6.77. The first kappa shape index (κ1) is 17.2. The molecule has 0 spiro atoms. The van der Waals surface area contributed by atoms with Gasteiger partial charge in [0.05, 0.1) is 5.57 Å². The van der Waals surface area contributed by atoms with Gasteiger partial charge in [0.25, 0.3) is 0 Å². The topological polar surface area (TPSA) is 83.8 Å². The van der Waals surface area contributed by atoms with Crippen molar-refractivity contribution in [1.29, 1.82) is 0 Å². The molecule has 0 saturated carbocycles. The van der Waals surface area contributed by atoms with Crippen LogP contribution < -0.4 is 0 Å². The van der Waals surface area contributed by atoms with Crippen molar-refractivity contribution in [1.82, 2.24) is 0 Å². The fraction of sp³-hybridized carbons (Fsp3) is 0.412. The van der Waals surface area contributed by atoms with Gasteiger partial charge in [-0.1, -0.05) is 13.8 Å². The monoisotopic (exact) mass is 333 g/mol. The second kappa shape index (κ2) is 6.17. The number of hydrogen-bond acceptors (Lipinski definition) is 5. The standard InChI is InChI=1S/C17H19NO4S/c1-17(2)9-8-15(19)14(16(20)10-17)11-18-12-4-6-13(7-5-12)23(3,21)22/h4,6,11,19H,8-10H2,1-3H3. The summed E-state index contributed by atoms with van der Waals surface area (Å²) in [4.78, 5) is 16.4. The maximum Gasteiger partial charge on any atom is 0.183 e. The first-order valence-electron chi connectivity index (χ1n) is 7.22. The van der Waals surface area contributed by atoms with Crippen molar-refractivity contribution in [3.63, 3.8) is 0 Å². The van der Waals surface area contributed by atoms with Crippen molar-refractivity contribution >= 4 is 21.8 Å². The number of carbonyl (C=O) groups excluding carboxylic acids is 1. The molecule has 0 amide bonds. The summed E-state index contributed by atoms with van der Waals surface area (Å²) in [7, 11) is -3.33. The number of allylic oxidation sites excluding steroid dienone is 4. The molecule has 0 aromatic carbocycles. The Bertz CT molecular complexity index is 841. The second-order valence-corrected chi connectivity index (χ2v) is 8.47. The number of aliphatic hydroxyl groups excluding tert-OH is 1. The fourth-order valence-electron chi connectivity index (χ4n) is 2.31. The van der Waals surface area contributed by atoms with Crippen LogP contribution in [0.1, 0.15) is 33.1 Å². The summed E-state index contributed by atoms with van der Waals surface area (Å²) < 4.78 is 22.7. The lowest BCUT2D eigenvalue weighted by atomic mass is 9.84. The Morgan fingerprint density at radius 2 is 2.00 bits per heavy atom. The number of carbonyl (C=O) groups is 1. The molecule has 0 radical (unpaired) electrons. The van der Waals surface area contributed by atoms with Crippen LogP contribution in [0.25, 0.3) is 0 Å². The molecule has 0 unspecified atom stereocenters. The van der Waals surface area contributed by atoms with Crippen molar-refractivity contribution < 1.29 is 18.3 Å². The largest absolute Gasteiger partial charge is 0.512 e. The third-order valence-electron chi connectivity index (χ3n) is 3.73. The van der Waals surface area contributed by atoms with Gasteiger partial charge < -0.3 is 5.11 Å². The average Bonchev–Trinajstić information content (AvgIpc) is 2.53. The molecule has 2 aliphatic carbocycles. The third kappa shape index (κ3) is 4.42. The molecule has 0 fully saturated rings. The van der Waals surface area contributed by atoms with Crippen molar-refractivity contribution in [2.45, 2.75) is 33.1 Å². The van der Waals surface area contributed by atoms with Crippen molar-refractivity contribution in [2.75, 3.05) is 6.26 Å². The Morgan fingerprint density at radius 1 is 1.30 bits per heavy atom. The highest BCUT2D eigenvalue weighted by atomic mass is 32.2. The summed E-state index contributed by atoms with van der Waals surface area (Å²) in [5.74, 6) is -0.105. The molecule has 0 aromatic heterocycles. The first-order chi connectivity index (χ1) is 10.6. The number of ketones is 1. The van der Waals surface area contributed by atoms with E-state index in [4.69, 9.17) is 0 Å². The van der Waals surface area contributed by atoms with E-state index in [0.29, 0.717) is 18.5 Å². The number of nitrogens with zero attached hydrogens (tertiary/aromatic N) is 1. The van der Waals surface area contributed by atoms with E-state index in [9.17, 15) is 18.3 Å². The van der Waals surface area contributed by atoms with Gasteiger partial charge in [-0.15, -0.1) is 0 Å². The summed E-state index contributed by atoms with van der Waals surface area (Å²) in [5.41, 5.74) is 5.54. The SMILES string of the molecule is CC1(C)CCC(O)=C(C=NC2=C=C=C(S(C)(=O)=O)C=C2)C(=O)C1. The summed E-state index contributed by atoms with van der Waals surface area (Å²) in [5, 5.41) is 10.1. The van der Waals surface area contributed by atoms with E-state index in [2.05, 4.69) is 16.5 Å². The minimum atomic E-state index is -3.33. The van der Waals surface area contributed by atoms with Crippen LogP contribution in [0.15, 0.2) is 50.5 Å². The number of rotatable bonds is 3. The molecule has 5 nitrogen and oxygen atoms in total. The fourth-order valence-corrected chi connectivity index (χ4v) is 2.86. The zero-order valence-electron chi connectivity index (χ0n) is 13.4. The Hall–Kier alpha value is -2.13. The number of sulfone groups is 1.